The number of alkyl halides is 1. The van der Waals surface area contributed by atoms with E-state index < -0.39 is 36.6 Å². The van der Waals surface area contributed by atoms with Gasteiger partial charge in [0.2, 0.25) is 17.7 Å². The first-order chi connectivity index (χ1) is 16.9. The lowest BCUT2D eigenvalue weighted by Gasteiger charge is -2.39. The van der Waals surface area contributed by atoms with Gasteiger partial charge in [-0.05, 0) is 25.3 Å². The van der Waals surface area contributed by atoms with E-state index in [0.717, 1.165) is 11.3 Å². The molecule has 0 spiro atoms. The van der Waals surface area contributed by atoms with E-state index in [9.17, 15) is 23.6 Å². The van der Waals surface area contributed by atoms with Gasteiger partial charge in [0.25, 0.3) is 0 Å². The summed E-state index contributed by atoms with van der Waals surface area (Å²) < 4.78 is 18.2. The summed E-state index contributed by atoms with van der Waals surface area (Å²) in [6.07, 6.45) is 2.23. The fourth-order valence-corrected chi connectivity index (χ4v) is 5.19. The third kappa shape index (κ3) is 5.49. The highest BCUT2D eigenvalue weighted by atomic mass is 19.1. The molecule has 11 heteroatoms. The smallest absolute Gasteiger partial charge is 0.317 e. The zero-order chi connectivity index (χ0) is 24.9. The summed E-state index contributed by atoms with van der Waals surface area (Å²) in [5, 5.41) is 8.21. The second-order valence-corrected chi connectivity index (χ2v) is 9.14. The Morgan fingerprint density at radius 1 is 1.09 bits per heavy atom. The zero-order valence-corrected chi connectivity index (χ0v) is 19.8. The number of ether oxygens (including phenoxy) is 1. The average Bonchev–Trinajstić information content (AvgIpc) is 3.26. The number of carbonyl (C=O) groups excluding carboxylic acids is 4. The molecule has 2 saturated heterocycles. The second kappa shape index (κ2) is 10.9. The van der Waals surface area contributed by atoms with Crippen molar-refractivity contribution >= 4 is 23.8 Å². The van der Waals surface area contributed by atoms with E-state index in [1.807, 2.05) is 24.3 Å². The maximum atomic E-state index is 13.6. The van der Waals surface area contributed by atoms with Crippen LogP contribution in [0.15, 0.2) is 24.3 Å². The molecule has 3 aliphatic rings. The molecule has 1 aromatic rings. The van der Waals surface area contributed by atoms with Crippen molar-refractivity contribution in [1.29, 1.82) is 0 Å². The molecule has 0 unspecified atom stereocenters. The quantitative estimate of drug-likeness (QED) is 0.567. The molecule has 0 saturated carbocycles. The Morgan fingerprint density at radius 3 is 2.66 bits per heavy atom. The van der Waals surface area contributed by atoms with E-state index in [0.29, 0.717) is 38.8 Å². The summed E-state index contributed by atoms with van der Waals surface area (Å²) >= 11 is 0. The van der Waals surface area contributed by atoms with Crippen molar-refractivity contribution in [2.75, 3.05) is 32.9 Å². The lowest BCUT2D eigenvalue weighted by molar-refractivity contribution is -0.144. The Labute approximate surface area is 203 Å². The van der Waals surface area contributed by atoms with E-state index in [4.69, 9.17) is 4.74 Å². The number of benzene rings is 1. The summed E-state index contributed by atoms with van der Waals surface area (Å²) in [6, 6.07) is 4.98. The van der Waals surface area contributed by atoms with E-state index in [1.54, 1.807) is 4.90 Å². The monoisotopic (exact) mass is 489 g/mol. The van der Waals surface area contributed by atoms with E-state index in [1.165, 1.54) is 11.8 Å². The molecule has 0 aliphatic carbocycles. The first kappa shape index (κ1) is 24.7. The molecular formula is C24H32FN5O5. The number of amides is 5. The molecule has 4 atom stereocenters. The fraction of sp³-hybridized carbons (Fsp3) is 0.583. The number of urea groups is 1. The van der Waals surface area contributed by atoms with Crippen LogP contribution in [0.3, 0.4) is 0 Å². The predicted octanol–water partition coefficient (Wildman–Crippen LogP) is 0.876. The van der Waals surface area contributed by atoms with Gasteiger partial charge in [0, 0.05) is 38.0 Å². The molecule has 0 radical (unpaired) electrons. The Hall–Kier alpha value is -3.37. The van der Waals surface area contributed by atoms with Crippen LogP contribution in [-0.4, -0.2) is 84.6 Å². The van der Waals surface area contributed by atoms with Crippen LogP contribution >= 0.6 is 0 Å². The summed E-state index contributed by atoms with van der Waals surface area (Å²) in [4.78, 5) is 54.4. The van der Waals surface area contributed by atoms with Crippen LogP contribution in [0.4, 0.5) is 9.18 Å². The maximum absolute atomic E-state index is 13.6. The van der Waals surface area contributed by atoms with Gasteiger partial charge in [-0.15, -0.1) is 0 Å². The van der Waals surface area contributed by atoms with Crippen molar-refractivity contribution in [2.24, 2.45) is 0 Å². The minimum Gasteiger partial charge on any atom is -0.493 e. The van der Waals surface area contributed by atoms with Gasteiger partial charge < -0.3 is 30.5 Å². The third-order valence-electron chi connectivity index (χ3n) is 6.80. The number of halogens is 1. The average molecular weight is 490 g/mol. The Balaban J connectivity index is 1.51. The first-order valence-corrected chi connectivity index (χ1v) is 12.1. The summed E-state index contributed by atoms with van der Waals surface area (Å²) in [5.74, 6) is -0.295. The zero-order valence-electron chi connectivity index (χ0n) is 19.8. The van der Waals surface area contributed by atoms with Crippen LogP contribution in [0.5, 0.6) is 5.75 Å². The molecule has 190 valence electrons. The minimum absolute atomic E-state index is 0.0541. The summed E-state index contributed by atoms with van der Waals surface area (Å²) in [5.41, 5.74) is 0.909. The summed E-state index contributed by atoms with van der Waals surface area (Å²) in [6.45, 7) is 1.24. The normalized spacial score (nSPS) is 25.9. The van der Waals surface area contributed by atoms with Gasteiger partial charge >= 0.3 is 6.03 Å². The molecule has 3 heterocycles. The number of hydrogen-bond donors (Lipinski definition) is 3. The number of fused-ring (bicyclic) bond motifs is 2. The number of carbonyl (C=O) groups is 4. The molecule has 10 nitrogen and oxygen atoms in total. The van der Waals surface area contributed by atoms with Gasteiger partial charge in [-0.25, -0.2) is 9.18 Å². The molecule has 0 bridgehead atoms. The highest BCUT2D eigenvalue weighted by Crippen LogP contribution is 2.33. The lowest BCUT2D eigenvalue weighted by atomic mass is 10.00. The van der Waals surface area contributed by atoms with E-state index in [2.05, 4.69) is 16.0 Å². The van der Waals surface area contributed by atoms with Crippen LogP contribution in [-0.2, 0) is 14.4 Å². The van der Waals surface area contributed by atoms with Crippen LogP contribution in [0.1, 0.15) is 44.2 Å². The van der Waals surface area contributed by atoms with Crippen LogP contribution in [0, 0.1) is 0 Å². The first-order valence-electron chi connectivity index (χ1n) is 12.1. The maximum Gasteiger partial charge on any atom is 0.317 e. The Kier molecular flexibility index (Phi) is 7.72. The van der Waals surface area contributed by atoms with Gasteiger partial charge in [0.15, 0.2) is 0 Å². The van der Waals surface area contributed by atoms with Gasteiger partial charge in [0.05, 0.1) is 19.2 Å². The molecule has 1 aromatic carbocycles. The van der Waals surface area contributed by atoms with Crippen molar-refractivity contribution in [3.8, 4) is 5.75 Å². The second-order valence-electron chi connectivity index (χ2n) is 9.14. The molecule has 5 amide bonds. The third-order valence-corrected chi connectivity index (χ3v) is 6.80. The van der Waals surface area contributed by atoms with Crippen LogP contribution in [0.25, 0.3) is 0 Å². The van der Waals surface area contributed by atoms with E-state index in [-0.39, 0.29) is 31.1 Å². The van der Waals surface area contributed by atoms with E-state index >= 15 is 0 Å². The highest BCUT2D eigenvalue weighted by molar-refractivity contribution is 5.93. The lowest BCUT2D eigenvalue weighted by Crippen LogP contribution is -2.61. The van der Waals surface area contributed by atoms with Gasteiger partial charge in [-0.2, -0.15) is 0 Å². The van der Waals surface area contributed by atoms with Crippen molar-refractivity contribution in [3.63, 3.8) is 0 Å². The molecule has 4 rings (SSSR count). The topological polar surface area (TPSA) is 120 Å². The predicted molar refractivity (Wildman–Crippen MR) is 124 cm³/mol. The molecule has 0 aromatic heterocycles. The fourth-order valence-electron chi connectivity index (χ4n) is 5.19. The number of nitrogens with zero attached hydrogens (tertiary/aromatic N) is 2. The molecule has 3 N–H and O–H groups in total. The van der Waals surface area contributed by atoms with Crippen molar-refractivity contribution in [3.05, 3.63) is 29.8 Å². The number of nitrogens with one attached hydrogen (secondary N) is 3. The Morgan fingerprint density at radius 2 is 1.89 bits per heavy atom. The van der Waals surface area contributed by atoms with Gasteiger partial charge in [-0.3, -0.25) is 14.4 Å². The number of para-hydroxylation sites is 1. The van der Waals surface area contributed by atoms with Crippen molar-refractivity contribution in [2.45, 2.75) is 56.8 Å². The van der Waals surface area contributed by atoms with Crippen molar-refractivity contribution < 1.29 is 28.3 Å². The molecule has 35 heavy (non-hydrogen) atoms. The molecular weight excluding hydrogens is 457 g/mol. The number of rotatable bonds is 5. The summed E-state index contributed by atoms with van der Waals surface area (Å²) in [7, 11) is 0. The van der Waals surface area contributed by atoms with Crippen molar-refractivity contribution in [1.82, 2.24) is 25.8 Å². The van der Waals surface area contributed by atoms with Gasteiger partial charge in [0.1, 0.15) is 24.5 Å². The standard InChI is InChI=1S/C24H32FN5O5/c1-15(31)27-19-14-29(24(34)26-11-10-25)12-8-16-6-7-20(30(16)23(19)33)22(32)28-18-9-13-35-21-5-3-2-4-17(18)21/h2-5,16,18-20H,6-14H2,1H3,(H,26,34)(H,27,31)(H,28,32)/t16-,18-,19+,20+/m1/s1. The van der Waals surface area contributed by atoms with Gasteiger partial charge in [-0.1, -0.05) is 18.2 Å². The van der Waals surface area contributed by atoms with Crippen LogP contribution < -0.4 is 20.7 Å². The Bertz CT molecular complexity index is 975. The molecule has 2 fully saturated rings. The SMILES string of the molecule is CC(=O)N[C@H]1CN(C(=O)NCCF)CC[C@H]2CC[C@@H](C(=O)N[C@@H]3CCOc4ccccc43)N2C1=O. The molecule has 3 aliphatic heterocycles. The largest absolute Gasteiger partial charge is 0.493 e. The van der Waals surface area contributed by atoms with Crippen LogP contribution in [0.2, 0.25) is 0 Å². The number of hydrogen-bond acceptors (Lipinski definition) is 5. The minimum atomic E-state index is -0.997. The highest BCUT2D eigenvalue weighted by Gasteiger charge is 2.45.